The summed E-state index contributed by atoms with van der Waals surface area (Å²) in [6.07, 6.45) is -2.16. The van der Waals surface area contributed by atoms with Crippen LogP contribution in [0.2, 0.25) is 0 Å². The van der Waals surface area contributed by atoms with Crippen molar-refractivity contribution in [2.45, 2.75) is 61.3 Å². The molecule has 0 aromatic heterocycles. The molecule has 1 N–H and O–H groups in total. The number of ether oxygens (including phenoxy) is 3. The van der Waals surface area contributed by atoms with Crippen LogP contribution >= 0.6 is 0 Å². The van der Waals surface area contributed by atoms with Gasteiger partial charge < -0.3 is 19.3 Å². The van der Waals surface area contributed by atoms with Crippen LogP contribution in [0, 0.1) is 0 Å². The summed E-state index contributed by atoms with van der Waals surface area (Å²) in [6.45, 7) is 5.45. The summed E-state index contributed by atoms with van der Waals surface area (Å²) >= 11 is 0. The number of rotatable bonds is 2. The van der Waals surface area contributed by atoms with Gasteiger partial charge in [-0.1, -0.05) is 18.2 Å². The minimum Gasteiger partial charge on any atom is -0.387 e. The summed E-state index contributed by atoms with van der Waals surface area (Å²) in [5, 5.41) is 10.5. The summed E-state index contributed by atoms with van der Waals surface area (Å²) in [6, 6.07) is 9.01. The molecule has 6 atom stereocenters. The fourth-order valence-corrected chi connectivity index (χ4v) is 4.21. The number of benzene rings is 1. The average Bonchev–Trinajstić information content (AvgIpc) is 2.80. The monoisotopic (exact) mass is 312 g/mol. The van der Waals surface area contributed by atoms with Crippen LogP contribution in [0.15, 0.2) is 35.2 Å². The second kappa shape index (κ2) is 5.44. The van der Waals surface area contributed by atoms with Crippen molar-refractivity contribution < 1.29 is 23.5 Å². The standard InChI is InChI=1S/C15H20O5S/c1-9-12-13(20-15(2,3)19-12)11(16)14(18-9)21(17)10-7-5-4-6-8-10/h4-9,11-14,16H,1-3H3/t9-,11-,12+,13-,14+,21?/m0/s1. The predicted octanol–water partition coefficient (Wildman–Crippen LogP) is 1.42. The third kappa shape index (κ3) is 2.78. The Morgan fingerprint density at radius 1 is 1.14 bits per heavy atom. The Labute approximate surface area is 126 Å². The Bertz CT molecular complexity index is 532. The van der Waals surface area contributed by atoms with E-state index < -0.39 is 34.2 Å². The first-order chi connectivity index (χ1) is 9.89. The lowest BCUT2D eigenvalue weighted by molar-refractivity contribution is -0.153. The van der Waals surface area contributed by atoms with Gasteiger partial charge in [0.1, 0.15) is 18.3 Å². The van der Waals surface area contributed by atoms with Crippen LogP contribution in [-0.4, -0.2) is 45.0 Å². The maximum absolute atomic E-state index is 12.6. The van der Waals surface area contributed by atoms with Crippen molar-refractivity contribution >= 4 is 10.8 Å². The molecule has 2 fully saturated rings. The Kier molecular flexibility index (Phi) is 3.92. The molecule has 116 valence electrons. The Morgan fingerprint density at radius 3 is 2.43 bits per heavy atom. The zero-order chi connectivity index (χ0) is 15.2. The number of fused-ring (bicyclic) bond motifs is 1. The number of hydrogen-bond donors (Lipinski definition) is 1. The zero-order valence-electron chi connectivity index (χ0n) is 12.3. The van der Waals surface area contributed by atoms with E-state index in [-0.39, 0.29) is 12.2 Å². The highest BCUT2D eigenvalue weighted by atomic mass is 32.2. The van der Waals surface area contributed by atoms with Crippen molar-refractivity contribution in [3.63, 3.8) is 0 Å². The van der Waals surface area contributed by atoms with Crippen LogP contribution in [0.1, 0.15) is 20.8 Å². The van der Waals surface area contributed by atoms with Gasteiger partial charge in [0.05, 0.1) is 16.9 Å². The topological polar surface area (TPSA) is 65.0 Å². The Morgan fingerprint density at radius 2 is 1.76 bits per heavy atom. The summed E-state index contributed by atoms with van der Waals surface area (Å²) in [7, 11) is -1.46. The summed E-state index contributed by atoms with van der Waals surface area (Å²) in [4.78, 5) is 0.630. The van der Waals surface area contributed by atoms with E-state index in [4.69, 9.17) is 14.2 Å². The fraction of sp³-hybridized carbons (Fsp3) is 0.600. The fourth-order valence-electron chi connectivity index (χ4n) is 2.83. The first-order valence-corrected chi connectivity index (χ1v) is 8.25. The molecule has 3 rings (SSSR count). The second-order valence-electron chi connectivity index (χ2n) is 5.88. The molecule has 5 nitrogen and oxygen atoms in total. The Hall–Kier alpha value is -0.790. The SMILES string of the molecule is C[C@@H]1O[C@H](S(=O)c2ccccc2)[C@@H](O)[C@@H]2OC(C)(C)O[C@@H]21. The molecule has 1 aromatic rings. The summed E-state index contributed by atoms with van der Waals surface area (Å²) in [5.74, 6) is -0.767. The van der Waals surface area contributed by atoms with E-state index in [9.17, 15) is 9.32 Å². The van der Waals surface area contributed by atoms with Crippen molar-refractivity contribution in [2.75, 3.05) is 0 Å². The highest BCUT2D eigenvalue weighted by molar-refractivity contribution is 7.85. The van der Waals surface area contributed by atoms with Gasteiger partial charge in [0.2, 0.25) is 0 Å². The lowest BCUT2D eigenvalue weighted by Gasteiger charge is -2.38. The molecule has 0 bridgehead atoms. The molecule has 0 radical (unpaired) electrons. The van der Waals surface area contributed by atoms with Crippen molar-refractivity contribution in [1.82, 2.24) is 0 Å². The van der Waals surface area contributed by atoms with Crippen LogP contribution in [0.3, 0.4) is 0 Å². The van der Waals surface area contributed by atoms with Gasteiger partial charge in [-0.3, -0.25) is 4.21 Å². The molecule has 1 aromatic carbocycles. The van der Waals surface area contributed by atoms with E-state index in [1.807, 2.05) is 25.1 Å². The number of hydrogen-bond acceptors (Lipinski definition) is 5. The third-order valence-corrected chi connectivity index (χ3v) is 5.33. The maximum Gasteiger partial charge on any atom is 0.165 e. The van der Waals surface area contributed by atoms with Crippen LogP contribution in [0.25, 0.3) is 0 Å². The normalized spacial score (nSPS) is 39.7. The molecular weight excluding hydrogens is 292 g/mol. The lowest BCUT2D eigenvalue weighted by Crippen LogP contribution is -2.56. The molecule has 2 heterocycles. The first kappa shape index (κ1) is 15.1. The van der Waals surface area contributed by atoms with Gasteiger partial charge in [-0.15, -0.1) is 0 Å². The molecule has 21 heavy (non-hydrogen) atoms. The highest BCUT2D eigenvalue weighted by Gasteiger charge is 2.54. The van der Waals surface area contributed by atoms with Gasteiger partial charge >= 0.3 is 0 Å². The van der Waals surface area contributed by atoms with Crippen LogP contribution < -0.4 is 0 Å². The van der Waals surface area contributed by atoms with E-state index in [0.717, 1.165) is 0 Å². The van der Waals surface area contributed by atoms with Crippen molar-refractivity contribution in [3.05, 3.63) is 30.3 Å². The minimum atomic E-state index is -1.46. The molecular formula is C15H20O5S. The second-order valence-corrected chi connectivity index (χ2v) is 7.41. The van der Waals surface area contributed by atoms with Gasteiger partial charge in [0.25, 0.3) is 0 Å². The van der Waals surface area contributed by atoms with E-state index in [1.165, 1.54) is 0 Å². The van der Waals surface area contributed by atoms with E-state index in [0.29, 0.717) is 4.90 Å². The van der Waals surface area contributed by atoms with Gasteiger partial charge in [0.15, 0.2) is 11.2 Å². The van der Waals surface area contributed by atoms with E-state index in [2.05, 4.69) is 0 Å². The summed E-state index contributed by atoms with van der Waals surface area (Å²) in [5.41, 5.74) is -0.818. The molecule has 6 heteroatoms. The molecule has 0 aliphatic carbocycles. The zero-order valence-corrected chi connectivity index (χ0v) is 13.1. The lowest BCUT2D eigenvalue weighted by atomic mass is 10.0. The van der Waals surface area contributed by atoms with Gasteiger partial charge in [-0.05, 0) is 32.9 Å². The molecule has 0 amide bonds. The van der Waals surface area contributed by atoms with Gasteiger partial charge in [-0.25, -0.2) is 0 Å². The molecule has 0 saturated carbocycles. The third-order valence-electron chi connectivity index (χ3n) is 3.78. The van der Waals surface area contributed by atoms with E-state index in [1.54, 1.807) is 26.0 Å². The maximum atomic E-state index is 12.6. The Balaban J connectivity index is 1.84. The van der Waals surface area contributed by atoms with Crippen molar-refractivity contribution in [3.8, 4) is 0 Å². The average molecular weight is 312 g/mol. The molecule has 2 saturated heterocycles. The van der Waals surface area contributed by atoms with Crippen molar-refractivity contribution in [1.29, 1.82) is 0 Å². The van der Waals surface area contributed by atoms with Crippen LogP contribution in [-0.2, 0) is 25.0 Å². The number of aliphatic hydroxyl groups is 1. The van der Waals surface area contributed by atoms with Gasteiger partial charge in [-0.2, -0.15) is 0 Å². The molecule has 0 spiro atoms. The van der Waals surface area contributed by atoms with Crippen molar-refractivity contribution in [2.24, 2.45) is 0 Å². The smallest absolute Gasteiger partial charge is 0.165 e. The number of aliphatic hydroxyl groups excluding tert-OH is 1. The molecule has 1 unspecified atom stereocenters. The molecule has 2 aliphatic rings. The first-order valence-electron chi connectivity index (χ1n) is 7.04. The minimum absolute atomic E-state index is 0.294. The molecule has 2 aliphatic heterocycles. The van der Waals surface area contributed by atoms with Gasteiger partial charge in [0, 0.05) is 4.90 Å². The quantitative estimate of drug-likeness (QED) is 0.895. The van der Waals surface area contributed by atoms with Crippen LogP contribution in [0.5, 0.6) is 0 Å². The highest BCUT2D eigenvalue weighted by Crippen LogP contribution is 2.38. The predicted molar refractivity (Wildman–Crippen MR) is 77.0 cm³/mol. The summed E-state index contributed by atoms with van der Waals surface area (Å²) < 4.78 is 29.9. The largest absolute Gasteiger partial charge is 0.387 e. The van der Waals surface area contributed by atoms with Crippen LogP contribution in [0.4, 0.5) is 0 Å². The van der Waals surface area contributed by atoms with E-state index >= 15 is 0 Å².